The summed E-state index contributed by atoms with van der Waals surface area (Å²) in [5, 5.41) is 24.3. The molecule has 0 bridgehead atoms. The van der Waals surface area contributed by atoms with E-state index in [0.29, 0.717) is 11.3 Å². The first-order chi connectivity index (χ1) is 16.4. The van der Waals surface area contributed by atoms with Gasteiger partial charge in [-0.3, -0.25) is 14.5 Å². The molecule has 2 aliphatic heterocycles. The first-order valence-corrected chi connectivity index (χ1v) is 12.3. The van der Waals surface area contributed by atoms with Crippen LogP contribution in [0.2, 0.25) is 4.34 Å². The number of oxime groups is 1. The number of carbonyl (C=O) groups excluding carboxylic acids is 2. The quantitative estimate of drug-likeness (QED) is 0.177. The SMILES string of the molecule is Nc1nc(/C(=N/O)C(=O)NC2C(=O)N3C(C(=O)O)=C(Sc4csc(C(F)(F)F)n4)CCC23)c(Cl)s1. The highest BCUT2D eigenvalue weighted by Crippen LogP contribution is 2.44. The van der Waals surface area contributed by atoms with Crippen molar-refractivity contribution in [3.05, 3.63) is 31.0 Å². The van der Waals surface area contributed by atoms with Crippen molar-refractivity contribution in [2.24, 2.45) is 5.16 Å². The molecule has 2 amide bonds. The second-order valence-corrected chi connectivity index (χ2v) is 10.7. The maximum Gasteiger partial charge on any atom is 0.443 e. The number of allylic oxidation sites excluding steroid dienone is 1. The number of nitrogens with zero attached hydrogens (tertiary/aromatic N) is 4. The van der Waals surface area contributed by atoms with Gasteiger partial charge in [-0.2, -0.15) is 13.2 Å². The summed E-state index contributed by atoms with van der Waals surface area (Å²) in [6.45, 7) is 0. The standard InChI is InChI=1S/C17H12ClF3N6O5S3/c18-11-8(25-16(22)35-11)9(26-32)12(28)24-7-4-1-2-5(10(14(30)31)27(4)13(7)29)34-6-3-33-15(23-6)17(19,20)21/h3-4,7,32H,1-2H2,(H2,22,25)(H,24,28)(H,30,31)/b26-9-. The van der Waals surface area contributed by atoms with Gasteiger partial charge in [0.15, 0.2) is 15.9 Å². The number of fused-ring (bicyclic) bond motifs is 1. The summed E-state index contributed by atoms with van der Waals surface area (Å²) in [6.07, 6.45) is -4.31. The number of halogens is 4. The number of thiazole rings is 2. The second-order valence-electron chi connectivity index (χ2n) is 7.06. The number of hydrogen-bond acceptors (Lipinski definition) is 11. The van der Waals surface area contributed by atoms with E-state index in [2.05, 4.69) is 20.4 Å². The van der Waals surface area contributed by atoms with Gasteiger partial charge >= 0.3 is 12.1 Å². The highest BCUT2D eigenvalue weighted by molar-refractivity contribution is 8.03. The molecule has 0 aromatic carbocycles. The number of nitrogens with two attached hydrogens (primary N) is 1. The van der Waals surface area contributed by atoms with E-state index < -0.39 is 52.5 Å². The number of nitrogen functional groups attached to an aromatic ring is 1. The molecule has 2 aromatic rings. The lowest BCUT2D eigenvalue weighted by Crippen LogP contribution is -2.72. The van der Waals surface area contributed by atoms with E-state index in [1.54, 1.807) is 0 Å². The van der Waals surface area contributed by atoms with Crippen LogP contribution in [0.5, 0.6) is 0 Å². The molecule has 2 atom stereocenters. The third-order valence-electron chi connectivity index (χ3n) is 4.98. The zero-order valence-corrected chi connectivity index (χ0v) is 20.1. The number of anilines is 1. The summed E-state index contributed by atoms with van der Waals surface area (Å²) in [6, 6.07) is -1.87. The Morgan fingerprint density at radius 2 is 2.09 bits per heavy atom. The van der Waals surface area contributed by atoms with Gasteiger partial charge in [-0.25, -0.2) is 14.8 Å². The van der Waals surface area contributed by atoms with Crippen LogP contribution in [-0.4, -0.2) is 60.8 Å². The molecule has 2 aliphatic rings. The number of alkyl halides is 3. The maximum atomic E-state index is 12.8. The van der Waals surface area contributed by atoms with Gasteiger partial charge in [-0.05, 0) is 12.8 Å². The van der Waals surface area contributed by atoms with E-state index >= 15 is 0 Å². The van der Waals surface area contributed by atoms with Crippen LogP contribution in [0.3, 0.4) is 0 Å². The third kappa shape index (κ3) is 4.67. The minimum atomic E-state index is -4.63. The molecule has 0 spiro atoms. The minimum absolute atomic E-state index is 0.0147. The first kappa shape index (κ1) is 25.2. The number of aliphatic carboxylic acids is 1. The lowest BCUT2D eigenvalue weighted by Gasteiger charge is -2.50. The molecule has 5 N–H and O–H groups in total. The topological polar surface area (TPSA) is 171 Å². The molecule has 2 unspecified atom stereocenters. The summed E-state index contributed by atoms with van der Waals surface area (Å²) in [5.41, 5.74) is 4.36. The molecule has 18 heteroatoms. The van der Waals surface area contributed by atoms with Crippen LogP contribution in [0.25, 0.3) is 0 Å². The fourth-order valence-electron chi connectivity index (χ4n) is 3.56. The molecular formula is C17H12ClF3N6O5S3. The molecule has 1 saturated heterocycles. The number of β-lactam (4-membered cyclic amide) rings is 1. The molecule has 35 heavy (non-hydrogen) atoms. The number of thioether (sulfide) groups is 1. The van der Waals surface area contributed by atoms with Crippen molar-refractivity contribution >= 4 is 74.7 Å². The fraction of sp³-hybridized carbons (Fsp3) is 0.294. The van der Waals surface area contributed by atoms with Gasteiger partial charge in [0.25, 0.3) is 11.8 Å². The van der Waals surface area contributed by atoms with Crippen LogP contribution in [-0.2, 0) is 20.6 Å². The van der Waals surface area contributed by atoms with Gasteiger partial charge in [0.05, 0.1) is 6.04 Å². The van der Waals surface area contributed by atoms with E-state index in [1.807, 2.05) is 0 Å². The average molecular weight is 569 g/mol. The number of rotatable bonds is 6. The van der Waals surface area contributed by atoms with Crippen molar-refractivity contribution in [3.63, 3.8) is 0 Å². The largest absolute Gasteiger partial charge is 0.477 e. The number of nitrogens with one attached hydrogen (secondary N) is 1. The Balaban J connectivity index is 1.52. The Bertz CT molecular complexity index is 1290. The van der Waals surface area contributed by atoms with Crippen molar-refractivity contribution in [1.82, 2.24) is 20.2 Å². The molecule has 0 saturated carbocycles. The van der Waals surface area contributed by atoms with Crippen LogP contribution < -0.4 is 11.1 Å². The van der Waals surface area contributed by atoms with Crippen LogP contribution in [0.15, 0.2) is 26.2 Å². The summed E-state index contributed by atoms with van der Waals surface area (Å²) >= 11 is 7.89. The first-order valence-electron chi connectivity index (χ1n) is 9.37. The number of carboxylic acids is 1. The number of carbonyl (C=O) groups is 3. The lowest BCUT2D eigenvalue weighted by atomic mass is 9.86. The Kier molecular flexibility index (Phi) is 6.69. The van der Waals surface area contributed by atoms with Crippen molar-refractivity contribution in [2.75, 3.05) is 5.73 Å². The molecular weight excluding hydrogens is 557 g/mol. The Hall–Kier alpha value is -2.89. The summed E-state index contributed by atoms with van der Waals surface area (Å²) in [4.78, 5) is 45.8. The van der Waals surface area contributed by atoms with Gasteiger partial charge < -0.3 is 21.4 Å². The number of hydrogen-bond donors (Lipinski definition) is 4. The second kappa shape index (κ2) is 9.29. The van der Waals surface area contributed by atoms with Gasteiger partial charge in [-0.15, -0.1) is 11.3 Å². The summed E-state index contributed by atoms with van der Waals surface area (Å²) < 4.78 is 38.5. The molecule has 1 fully saturated rings. The van der Waals surface area contributed by atoms with Crippen molar-refractivity contribution in [1.29, 1.82) is 0 Å². The zero-order valence-electron chi connectivity index (χ0n) is 16.9. The van der Waals surface area contributed by atoms with Gasteiger partial charge in [0.1, 0.15) is 26.8 Å². The highest BCUT2D eigenvalue weighted by Gasteiger charge is 2.54. The van der Waals surface area contributed by atoms with Crippen LogP contribution in [0.1, 0.15) is 23.5 Å². The smallest absolute Gasteiger partial charge is 0.443 e. The molecule has 0 radical (unpaired) electrons. The van der Waals surface area contributed by atoms with Crippen molar-refractivity contribution < 1.29 is 37.9 Å². The number of carboxylic acid groups (broad SMARTS) is 1. The number of aromatic nitrogens is 2. The van der Waals surface area contributed by atoms with Crippen molar-refractivity contribution in [2.45, 2.75) is 36.1 Å². The van der Waals surface area contributed by atoms with Crippen LogP contribution in [0.4, 0.5) is 18.3 Å². The van der Waals surface area contributed by atoms with E-state index in [0.717, 1.165) is 33.4 Å². The monoisotopic (exact) mass is 568 g/mol. The highest BCUT2D eigenvalue weighted by atomic mass is 35.5. The van der Waals surface area contributed by atoms with Gasteiger partial charge in [0, 0.05) is 10.3 Å². The van der Waals surface area contributed by atoms with E-state index in [9.17, 15) is 37.9 Å². The third-order valence-corrected chi connectivity index (χ3v) is 8.16. The zero-order chi connectivity index (χ0) is 25.7. The molecule has 4 heterocycles. The Morgan fingerprint density at radius 3 is 2.63 bits per heavy atom. The molecule has 2 aromatic heterocycles. The van der Waals surface area contributed by atoms with Crippen LogP contribution >= 0.6 is 46.0 Å². The maximum absolute atomic E-state index is 12.8. The Morgan fingerprint density at radius 1 is 1.37 bits per heavy atom. The van der Waals surface area contributed by atoms with Crippen molar-refractivity contribution in [3.8, 4) is 0 Å². The summed E-state index contributed by atoms with van der Waals surface area (Å²) in [7, 11) is 0. The average Bonchev–Trinajstić information content (AvgIpc) is 3.38. The predicted octanol–water partition coefficient (Wildman–Crippen LogP) is 2.61. The molecule has 11 nitrogen and oxygen atoms in total. The van der Waals surface area contributed by atoms with Gasteiger partial charge in [-0.1, -0.05) is 39.9 Å². The minimum Gasteiger partial charge on any atom is -0.477 e. The van der Waals surface area contributed by atoms with E-state index in [-0.39, 0.29) is 37.9 Å². The molecule has 0 aliphatic carbocycles. The molecule has 4 rings (SSSR count). The lowest BCUT2D eigenvalue weighted by molar-refractivity contribution is -0.155. The fourth-order valence-corrected chi connectivity index (χ4v) is 6.33. The normalized spacial score (nSPS) is 20.5. The van der Waals surface area contributed by atoms with E-state index in [4.69, 9.17) is 17.3 Å². The Labute approximate surface area is 210 Å². The molecule has 186 valence electrons. The summed E-state index contributed by atoms with van der Waals surface area (Å²) in [5.74, 6) is -3.20. The van der Waals surface area contributed by atoms with E-state index in [1.165, 1.54) is 0 Å². The van der Waals surface area contributed by atoms with Crippen LogP contribution in [0, 0.1) is 0 Å². The predicted molar refractivity (Wildman–Crippen MR) is 119 cm³/mol. The van der Waals surface area contributed by atoms with Gasteiger partial charge in [0.2, 0.25) is 0 Å². The number of amides is 2.